The Balaban J connectivity index is 2.27. The molecule has 5 nitrogen and oxygen atoms in total. The zero-order valence-corrected chi connectivity index (χ0v) is 7.39. The molecule has 1 aliphatic heterocycles. The fraction of sp³-hybridized carbons (Fsp3) is 0.500. The van der Waals surface area contributed by atoms with Crippen LogP contribution in [0.5, 0.6) is 0 Å². The molecule has 0 saturated heterocycles. The van der Waals surface area contributed by atoms with E-state index in [-0.39, 0.29) is 5.91 Å². The van der Waals surface area contributed by atoms with Gasteiger partial charge in [-0.1, -0.05) is 11.8 Å². The van der Waals surface area contributed by atoms with E-state index in [4.69, 9.17) is 0 Å². The standard InChI is InChI=1S/C6H8N4OS/c1-4(11)7-5-8-9-6-10(5)2-3-12-6/h2-3H2,1H3,(H,7,8,11). The first-order valence-electron chi connectivity index (χ1n) is 3.61. The highest BCUT2D eigenvalue weighted by atomic mass is 32.2. The molecule has 1 aromatic heterocycles. The van der Waals surface area contributed by atoms with Crippen molar-refractivity contribution in [2.75, 3.05) is 11.1 Å². The number of thioether (sulfide) groups is 1. The predicted molar refractivity (Wildman–Crippen MR) is 45.0 cm³/mol. The minimum Gasteiger partial charge on any atom is -0.295 e. The van der Waals surface area contributed by atoms with Gasteiger partial charge in [-0.05, 0) is 0 Å². The number of hydrogen-bond acceptors (Lipinski definition) is 4. The average Bonchev–Trinajstić information content (AvgIpc) is 2.52. The minimum atomic E-state index is -0.109. The van der Waals surface area contributed by atoms with Crippen molar-refractivity contribution in [3.8, 4) is 0 Å². The van der Waals surface area contributed by atoms with Crippen molar-refractivity contribution < 1.29 is 4.79 Å². The number of anilines is 1. The summed E-state index contributed by atoms with van der Waals surface area (Å²) in [5.41, 5.74) is 0. The van der Waals surface area contributed by atoms with Gasteiger partial charge in [0.25, 0.3) is 0 Å². The highest BCUT2D eigenvalue weighted by molar-refractivity contribution is 7.99. The molecule has 1 aromatic rings. The highest BCUT2D eigenvalue weighted by Gasteiger charge is 2.17. The molecule has 0 radical (unpaired) electrons. The first kappa shape index (κ1) is 7.60. The van der Waals surface area contributed by atoms with Crippen LogP contribution in [0.15, 0.2) is 5.16 Å². The lowest BCUT2D eigenvalue weighted by Gasteiger charge is -2.00. The first-order valence-corrected chi connectivity index (χ1v) is 4.59. The topological polar surface area (TPSA) is 59.8 Å². The molecular weight excluding hydrogens is 176 g/mol. The third-order valence-electron chi connectivity index (χ3n) is 1.55. The smallest absolute Gasteiger partial charge is 0.231 e. The van der Waals surface area contributed by atoms with Crippen molar-refractivity contribution in [3.63, 3.8) is 0 Å². The molecule has 64 valence electrons. The fourth-order valence-electron chi connectivity index (χ4n) is 1.08. The normalized spacial score (nSPS) is 14.4. The van der Waals surface area contributed by atoms with E-state index < -0.39 is 0 Å². The molecule has 2 rings (SSSR count). The number of nitrogens with zero attached hydrogens (tertiary/aromatic N) is 3. The number of amides is 1. The Hall–Kier alpha value is -1.04. The van der Waals surface area contributed by atoms with Gasteiger partial charge in [0.15, 0.2) is 5.16 Å². The summed E-state index contributed by atoms with van der Waals surface area (Å²) in [6.45, 7) is 2.34. The number of rotatable bonds is 1. The van der Waals surface area contributed by atoms with Crippen LogP contribution in [0.25, 0.3) is 0 Å². The van der Waals surface area contributed by atoms with Gasteiger partial charge in [0.05, 0.1) is 0 Å². The quantitative estimate of drug-likeness (QED) is 0.683. The molecule has 1 N–H and O–H groups in total. The van der Waals surface area contributed by atoms with E-state index in [1.54, 1.807) is 11.8 Å². The maximum absolute atomic E-state index is 10.7. The third kappa shape index (κ3) is 1.18. The van der Waals surface area contributed by atoms with E-state index in [1.165, 1.54) is 6.92 Å². The molecule has 0 aromatic carbocycles. The van der Waals surface area contributed by atoms with Gasteiger partial charge in [-0.15, -0.1) is 10.2 Å². The van der Waals surface area contributed by atoms with Crippen LogP contribution >= 0.6 is 11.8 Å². The van der Waals surface area contributed by atoms with Gasteiger partial charge in [0, 0.05) is 19.2 Å². The van der Waals surface area contributed by atoms with Gasteiger partial charge in [-0.2, -0.15) is 0 Å². The summed E-state index contributed by atoms with van der Waals surface area (Å²) in [5.74, 6) is 1.46. The van der Waals surface area contributed by atoms with Crippen LogP contribution in [-0.4, -0.2) is 26.4 Å². The van der Waals surface area contributed by atoms with Gasteiger partial charge in [-0.3, -0.25) is 14.7 Å². The second kappa shape index (κ2) is 2.78. The SMILES string of the molecule is CC(=O)Nc1nnc2n1CCS2. The molecule has 0 saturated carbocycles. The van der Waals surface area contributed by atoms with Crippen molar-refractivity contribution in [2.24, 2.45) is 0 Å². The summed E-state index contributed by atoms with van der Waals surface area (Å²) < 4.78 is 1.91. The molecule has 0 atom stereocenters. The van der Waals surface area contributed by atoms with Crippen LogP contribution in [0.3, 0.4) is 0 Å². The second-order valence-electron chi connectivity index (χ2n) is 2.49. The summed E-state index contributed by atoms with van der Waals surface area (Å²) in [5, 5.41) is 11.3. The molecular formula is C6H8N4OS. The zero-order valence-electron chi connectivity index (χ0n) is 6.57. The molecule has 0 aliphatic carbocycles. The predicted octanol–water partition coefficient (Wildman–Crippen LogP) is 0.342. The van der Waals surface area contributed by atoms with Crippen LogP contribution in [0.2, 0.25) is 0 Å². The van der Waals surface area contributed by atoms with E-state index in [0.29, 0.717) is 5.95 Å². The van der Waals surface area contributed by atoms with Crippen molar-refractivity contribution >= 4 is 23.6 Å². The number of hydrogen-bond donors (Lipinski definition) is 1. The molecule has 0 unspecified atom stereocenters. The van der Waals surface area contributed by atoms with E-state index in [9.17, 15) is 4.79 Å². The lowest BCUT2D eigenvalue weighted by Crippen LogP contribution is -2.11. The van der Waals surface area contributed by atoms with Crippen LogP contribution < -0.4 is 5.32 Å². The van der Waals surface area contributed by atoms with Crippen LogP contribution in [-0.2, 0) is 11.3 Å². The summed E-state index contributed by atoms with van der Waals surface area (Å²) >= 11 is 1.65. The maximum Gasteiger partial charge on any atom is 0.231 e. The van der Waals surface area contributed by atoms with Crippen LogP contribution in [0, 0.1) is 0 Å². The number of carbonyl (C=O) groups is 1. The summed E-state index contributed by atoms with van der Waals surface area (Å²) in [6.07, 6.45) is 0. The van der Waals surface area contributed by atoms with Crippen molar-refractivity contribution in [2.45, 2.75) is 18.6 Å². The Morgan fingerprint density at radius 1 is 1.67 bits per heavy atom. The Bertz CT molecular complexity index is 321. The van der Waals surface area contributed by atoms with Crippen LogP contribution in [0.4, 0.5) is 5.95 Å². The van der Waals surface area contributed by atoms with E-state index in [2.05, 4.69) is 15.5 Å². The molecule has 0 spiro atoms. The average molecular weight is 184 g/mol. The lowest BCUT2D eigenvalue weighted by molar-refractivity contribution is -0.114. The largest absolute Gasteiger partial charge is 0.295 e. The third-order valence-corrected chi connectivity index (χ3v) is 2.50. The molecule has 1 aliphatic rings. The van der Waals surface area contributed by atoms with Gasteiger partial charge in [-0.25, -0.2) is 0 Å². The molecule has 12 heavy (non-hydrogen) atoms. The number of carbonyl (C=O) groups excluding carboxylic acids is 1. The van der Waals surface area contributed by atoms with E-state index in [1.807, 2.05) is 4.57 Å². The molecule has 2 heterocycles. The Labute approximate surface area is 73.5 Å². The van der Waals surface area contributed by atoms with Gasteiger partial charge in [0.2, 0.25) is 11.9 Å². The van der Waals surface area contributed by atoms with Gasteiger partial charge in [0.1, 0.15) is 0 Å². The van der Waals surface area contributed by atoms with Crippen LogP contribution in [0.1, 0.15) is 6.92 Å². The van der Waals surface area contributed by atoms with Crippen molar-refractivity contribution in [3.05, 3.63) is 0 Å². The first-order chi connectivity index (χ1) is 5.77. The minimum absolute atomic E-state index is 0.109. The van der Waals surface area contributed by atoms with E-state index in [0.717, 1.165) is 17.5 Å². The monoisotopic (exact) mass is 184 g/mol. The second-order valence-corrected chi connectivity index (χ2v) is 3.55. The fourth-order valence-corrected chi connectivity index (χ4v) is 1.96. The lowest BCUT2D eigenvalue weighted by atomic mass is 10.6. The van der Waals surface area contributed by atoms with E-state index >= 15 is 0 Å². The van der Waals surface area contributed by atoms with Crippen molar-refractivity contribution in [1.82, 2.24) is 14.8 Å². The molecule has 1 amide bonds. The van der Waals surface area contributed by atoms with Gasteiger partial charge >= 0.3 is 0 Å². The molecule has 0 fully saturated rings. The summed E-state index contributed by atoms with van der Waals surface area (Å²) in [7, 11) is 0. The van der Waals surface area contributed by atoms with Gasteiger partial charge < -0.3 is 0 Å². The highest BCUT2D eigenvalue weighted by Crippen LogP contribution is 2.25. The summed E-state index contributed by atoms with van der Waals surface area (Å²) in [4.78, 5) is 10.7. The number of aromatic nitrogens is 3. The Kier molecular flexibility index (Phi) is 1.76. The molecule has 0 bridgehead atoms. The summed E-state index contributed by atoms with van der Waals surface area (Å²) in [6, 6.07) is 0. The van der Waals surface area contributed by atoms with Crippen molar-refractivity contribution in [1.29, 1.82) is 0 Å². The number of nitrogens with one attached hydrogen (secondary N) is 1. The zero-order chi connectivity index (χ0) is 8.55. The number of fused-ring (bicyclic) bond motifs is 1. The maximum atomic E-state index is 10.7. The molecule has 6 heteroatoms. The Morgan fingerprint density at radius 2 is 2.50 bits per heavy atom. The Morgan fingerprint density at radius 3 is 3.25 bits per heavy atom.